The number of phenols is 1. The van der Waals surface area contributed by atoms with Crippen molar-refractivity contribution in [3.8, 4) is 11.5 Å². The highest BCUT2D eigenvalue weighted by atomic mass is 16.5. The van der Waals surface area contributed by atoms with Crippen molar-refractivity contribution < 1.29 is 9.84 Å². The Morgan fingerprint density at radius 3 is 2.77 bits per heavy atom. The molecule has 1 N–H and O–H groups in total. The zero-order valence-electron chi connectivity index (χ0n) is 7.57. The Labute approximate surface area is 76.1 Å². The van der Waals surface area contributed by atoms with Crippen LogP contribution in [-0.4, -0.2) is 12.2 Å². The van der Waals surface area contributed by atoms with Crippen molar-refractivity contribution in [2.75, 3.05) is 7.11 Å². The molecule has 13 heavy (non-hydrogen) atoms. The predicted octanol–water partition coefficient (Wildman–Crippen LogP) is 1.98. The van der Waals surface area contributed by atoms with Crippen LogP contribution < -0.4 is 4.74 Å². The van der Waals surface area contributed by atoms with Gasteiger partial charge in [-0.2, -0.15) is 4.91 Å². The summed E-state index contributed by atoms with van der Waals surface area (Å²) in [7, 11) is 1.46. The van der Waals surface area contributed by atoms with Crippen molar-refractivity contribution in [3.05, 3.63) is 28.2 Å². The molecule has 0 bridgehead atoms. The maximum atomic E-state index is 10.0. The van der Waals surface area contributed by atoms with E-state index in [2.05, 4.69) is 5.18 Å². The monoisotopic (exact) mass is 181 g/mol. The number of benzene rings is 1. The van der Waals surface area contributed by atoms with Crippen LogP contribution in [-0.2, 0) is 6.54 Å². The molecule has 0 radical (unpaired) electrons. The fourth-order valence-electron chi connectivity index (χ4n) is 1.16. The summed E-state index contributed by atoms with van der Waals surface area (Å²) in [4.78, 5) is 10.0. The average molecular weight is 181 g/mol. The Balaban J connectivity index is 3.18. The first-order valence-corrected chi connectivity index (χ1v) is 3.84. The molecule has 0 fully saturated rings. The summed E-state index contributed by atoms with van der Waals surface area (Å²) >= 11 is 0. The van der Waals surface area contributed by atoms with Crippen LogP contribution in [0.4, 0.5) is 0 Å². The Morgan fingerprint density at radius 2 is 2.23 bits per heavy atom. The number of phenolic OH excluding ortho intramolecular Hbond substituents is 1. The standard InChI is InChI=1S/C9H11NO3/c1-6-3-7(5-10-12)9(11)8(4-6)13-2/h3-4,11H,5H2,1-2H3. The van der Waals surface area contributed by atoms with E-state index in [1.807, 2.05) is 6.92 Å². The number of nitrogens with zero attached hydrogens (tertiary/aromatic N) is 1. The van der Waals surface area contributed by atoms with Crippen LogP contribution in [0.2, 0.25) is 0 Å². The highest BCUT2D eigenvalue weighted by Gasteiger charge is 2.08. The summed E-state index contributed by atoms with van der Waals surface area (Å²) < 4.78 is 4.92. The highest BCUT2D eigenvalue weighted by molar-refractivity contribution is 5.48. The van der Waals surface area contributed by atoms with Crippen LogP contribution in [0.1, 0.15) is 11.1 Å². The summed E-state index contributed by atoms with van der Waals surface area (Å²) in [5, 5.41) is 12.2. The summed E-state index contributed by atoms with van der Waals surface area (Å²) in [5.41, 5.74) is 1.42. The molecule has 0 saturated heterocycles. The number of ether oxygens (including phenoxy) is 1. The molecule has 0 unspecified atom stereocenters. The lowest BCUT2D eigenvalue weighted by molar-refractivity contribution is 0.370. The molecule has 70 valence electrons. The zero-order chi connectivity index (χ0) is 9.84. The van der Waals surface area contributed by atoms with E-state index >= 15 is 0 Å². The molecule has 4 nitrogen and oxygen atoms in total. The maximum absolute atomic E-state index is 10.0. The van der Waals surface area contributed by atoms with Gasteiger partial charge in [-0.3, -0.25) is 0 Å². The fourth-order valence-corrected chi connectivity index (χ4v) is 1.16. The third-order valence-electron chi connectivity index (χ3n) is 1.75. The summed E-state index contributed by atoms with van der Waals surface area (Å²) in [6, 6.07) is 3.41. The van der Waals surface area contributed by atoms with E-state index in [1.54, 1.807) is 12.1 Å². The summed E-state index contributed by atoms with van der Waals surface area (Å²) in [6.07, 6.45) is 0. The van der Waals surface area contributed by atoms with Gasteiger partial charge in [0.05, 0.1) is 7.11 Å². The van der Waals surface area contributed by atoms with Gasteiger partial charge in [-0.05, 0) is 18.6 Å². The van der Waals surface area contributed by atoms with Crippen LogP contribution >= 0.6 is 0 Å². The highest BCUT2D eigenvalue weighted by Crippen LogP contribution is 2.31. The molecule has 0 aromatic heterocycles. The van der Waals surface area contributed by atoms with Gasteiger partial charge in [0.25, 0.3) is 0 Å². The predicted molar refractivity (Wildman–Crippen MR) is 48.9 cm³/mol. The number of methoxy groups -OCH3 is 1. The van der Waals surface area contributed by atoms with Crippen molar-refractivity contribution in [2.24, 2.45) is 5.18 Å². The normalized spacial score (nSPS) is 9.69. The smallest absolute Gasteiger partial charge is 0.162 e. The van der Waals surface area contributed by atoms with E-state index < -0.39 is 0 Å². The Bertz CT molecular complexity index is 323. The number of aryl methyl sites for hydroxylation is 1. The van der Waals surface area contributed by atoms with Gasteiger partial charge in [-0.25, -0.2) is 0 Å². The minimum Gasteiger partial charge on any atom is -0.504 e. The quantitative estimate of drug-likeness (QED) is 0.725. The molecular weight excluding hydrogens is 170 g/mol. The van der Waals surface area contributed by atoms with Gasteiger partial charge >= 0.3 is 0 Å². The minimum absolute atomic E-state index is 0.00676. The second-order valence-corrected chi connectivity index (χ2v) is 2.76. The molecule has 0 spiro atoms. The van der Waals surface area contributed by atoms with Crippen LogP contribution in [0, 0.1) is 11.8 Å². The average Bonchev–Trinajstić information content (AvgIpc) is 2.11. The third-order valence-corrected chi connectivity index (χ3v) is 1.75. The van der Waals surface area contributed by atoms with Crippen LogP contribution in [0.5, 0.6) is 11.5 Å². The molecule has 0 aliphatic heterocycles. The lowest BCUT2D eigenvalue weighted by Gasteiger charge is -2.07. The largest absolute Gasteiger partial charge is 0.504 e. The van der Waals surface area contributed by atoms with E-state index in [4.69, 9.17) is 4.74 Å². The van der Waals surface area contributed by atoms with Gasteiger partial charge in [0.2, 0.25) is 0 Å². The van der Waals surface area contributed by atoms with Gasteiger partial charge in [-0.15, -0.1) is 0 Å². The van der Waals surface area contributed by atoms with Gasteiger partial charge in [0.1, 0.15) is 6.54 Å². The van der Waals surface area contributed by atoms with Crippen LogP contribution in [0.3, 0.4) is 0 Å². The number of nitroso groups, excluding NO2 is 1. The topological polar surface area (TPSA) is 58.9 Å². The number of hydrogen-bond donors (Lipinski definition) is 1. The first-order chi connectivity index (χ1) is 6.19. The van der Waals surface area contributed by atoms with Crippen molar-refractivity contribution in [1.29, 1.82) is 0 Å². The fraction of sp³-hybridized carbons (Fsp3) is 0.333. The molecule has 4 heteroatoms. The maximum Gasteiger partial charge on any atom is 0.162 e. The van der Waals surface area contributed by atoms with Crippen molar-refractivity contribution in [3.63, 3.8) is 0 Å². The van der Waals surface area contributed by atoms with Gasteiger partial charge < -0.3 is 9.84 Å². The zero-order valence-corrected chi connectivity index (χ0v) is 7.57. The van der Waals surface area contributed by atoms with E-state index in [9.17, 15) is 10.0 Å². The minimum atomic E-state index is -0.0378. The van der Waals surface area contributed by atoms with Crippen molar-refractivity contribution in [2.45, 2.75) is 13.5 Å². The lowest BCUT2D eigenvalue weighted by Crippen LogP contribution is -1.90. The number of rotatable bonds is 3. The second-order valence-electron chi connectivity index (χ2n) is 2.76. The number of aromatic hydroxyl groups is 1. The van der Waals surface area contributed by atoms with E-state index in [-0.39, 0.29) is 12.3 Å². The SMILES string of the molecule is COc1cc(C)cc(CN=O)c1O. The molecule has 0 heterocycles. The lowest BCUT2D eigenvalue weighted by atomic mass is 10.1. The van der Waals surface area contributed by atoms with Gasteiger partial charge in [0, 0.05) is 5.56 Å². The van der Waals surface area contributed by atoms with Gasteiger partial charge in [0.15, 0.2) is 11.5 Å². The van der Waals surface area contributed by atoms with Gasteiger partial charge in [-0.1, -0.05) is 11.2 Å². The molecule has 1 rings (SSSR count). The first kappa shape index (κ1) is 9.51. The van der Waals surface area contributed by atoms with Crippen molar-refractivity contribution in [1.82, 2.24) is 0 Å². The summed E-state index contributed by atoms with van der Waals surface area (Å²) in [6.45, 7) is 1.82. The molecule has 0 saturated carbocycles. The van der Waals surface area contributed by atoms with Crippen molar-refractivity contribution >= 4 is 0 Å². The number of hydrogen-bond acceptors (Lipinski definition) is 4. The van der Waals surface area contributed by atoms with E-state index in [0.29, 0.717) is 11.3 Å². The Kier molecular flexibility index (Phi) is 2.84. The Hall–Kier alpha value is -1.58. The molecule has 1 aromatic rings. The molecule has 0 aliphatic rings. The molecular formula is C9H11NO3. The molecule has 1 aromatic carbocycles. The van der Waals surface area contributed by atoms with E-state index in [1.165, 1.54) is 7.11 Å². The van der Waals surface area contributed by atoms with Crippen LogP contribution in [0.25, 0.3) is 0 Å². The molecule has 0 atom stereocenters. The second kappa shape index (κ2) is 3.89. The molecule has 0 amide bonds. The van der Waals surface area contributed by atoms with E-state index in [0.717, 1.165) is 5.56 Å². The first-order valence-electron chi connectivity index (χ1n) is 3.84. The summed E-state index contributed by atoms with van der Waals surface area (Å²) in [5.74, 6) is 0.367. The van der Waals surface area contributed by atoms with Crippen LogP contribution in [0.15, 0.2) is 17.3 Å². The Morgan fingerprint density at radius 1 is 1.54 bits per heavy atom. The third kappa shape index (κ3) is 1.96. The molecule has 0 aliphatic carbocycles.